The fourth-order valence-corrected chi connectivity index (χ4v) is 3.59. The van der Waals surface area contributed by atoms with Crippen LogP contribution < -0.4 is 15.4 Å². The number of benzene rings is 3. The molecule has 0 radical (unpaired) electrons. The van der Waals surface area contributed by atoms with E-state index in [1.54, 1.807) is 0 Å². The lowest BCUT2D eigenvalue weighted by atomic mass is 10.1. The van der Waals surface area contributed by atoms with Crippen molar-refractivity contribution in [1.82, 2.24) is 10.6 Å². The molecule has 4 nitrogen and oxygen atoms in total. The molecule has 0 spiro atoms. The largest absolute Gasteiger partial charge is 0.489 e. The Hall–Kier alpha value is -2.85. The number of hydrogen-bond donors (Lipinski definition) is 2. The minimum atomic E-state index is -0.0763. The van der Waals surface area contributed by atoms with Crippen molar-refractivity contribution >= 4 is 16.7 Å². The molecule has 2 N–H and O–H groups in total. The van der Waals surface area contributed by atoms with Crippen molar-refractivity contribution in [2.24, 2.45) is 0 Å². The van der Waals surface area contributed by atoms with E-state index in [1.807, 2.05) is 6.07 Å². The van der Waals surface area contributed by atoms with Crippen molar-refractivity contribution in [2.75, 3.05) is 6.54 Å². The van der Waals surface area contributed by atoms with E-state index in [0.29, 0.717) is 13.2 Å². The molecule has 3 aromatic rings. The first kappa shape index (κ1) is 17.6. The average Bonchev–Trinajstić information content (AvgIpc) is 3.10. The van der Waals surface area contributed by atoms with E-state index < -0.39 is 0 Å². The number of hydrogen-bond acceptors (Lipinski definition) is 3. The predicted molar refractivity (Wildman–Crippen MR) is 108 cm³/mol. The number of carbonyl (C=O) groups excluding carboxylic acids is 1. The van der Waals surface area contributed by atoms with Gasteiger partial charge in [-0.2, -0.15) is 0 Å². The molecule has 1 aliphatic heterocycles. The van der Waals surface area contributed by atoms with Gasteiger partial charge in [0.1, 0.15) is 12.4 Å². The van der Waals surface area contributed by atoms with Gasteiger partial charge in [0.05, 0.1) is 6.04 Å². The van der Waals surface area contributed by atoms with Gasteiger partial charge in [0.15, 0.2) is 0 Å². The molecule has 4 rings (SSSR count). The highest BCUT2D eigenvalue weighted by Gasteiger charge is 2.22. The Balaban J connectivity index is 1.41. The fourth-order valence-electron chi connectivity index (χ4n) is 3.59. The zero-order chi connectivity index (χ0) is 18.6. The lowest BCUT2D eigenvalue weighted by molar-refractivity contribution is -0.120. The number of aryl methyl sites for hydroxylation is 1. The molecule has 0 aliphatic carbocycles. The third-order valence-electron chi connectivity index (χ3n) is 5.10. The van der Waals surface area contributed by atoms with Gasteiger partial charge < -0.3 is 15.4 Å². The second-order valence-corrected chi connectivity index (χ2v) is 7.04. The smallest absolute Gasteiger partial charge is 0.237 e. The Morgan fingerprint density at radius 2 is 1.96 bits per heavy atom. The Morgan fingerprint density at radius 1 is 1.11 bits per heavy atom. The number of nitrogens with one attached hydrogen (secondary N) is 2. The molecule has 4 heteroatoms. The summed E-state index contributed by atoms with van der Waals surface area (Å²) in [5.41, 5.74) is 3.45. The van der Waals surface area contributed by atoms with Gasteiger partial charge in [-0.1, -0.05) is 54.6 Å². The maximum absolute atomic E-state index is 11.6. The van der Waals surface area contributed by atoms with Crippen molar-refractivity contribution in [3.05, 3.63) is 77.4 Å². The molecule has 0 bridgehead atoms. The van der Waals surface area contributed by atoms with E-state index in [9.17, 15) is 4.79 Å². The van der Waals surface area contributed by atoms with E-state index in [2.05, 4.69) is 72.2 Å². The van der Waals surface area contributed by atoms with Gasteiger partial charge in [0.2, 0.25) is 5.91 Å². The standard InChI is InChI=1S/C23H24N2O2/c1-16-13-17(14-25-21-11-12-24-23(21)26)9-10-22(16)27-15-19-7-4-6-18-5-2-3-8-20(18)19/h2-10,13,21,25H,11-12,14-15H2,1H3,(H,24,26). The van der Waals surface area contributed by atoms with Gasteiger partial charge in [0.25, 0.3) is 0 Å². The van der Waals surface area contributed by atoms with Crippen LogP contribution in [0.5, 0.6) is 5.75 Å². The quantitative estimate of drug-likeness (QED) is 0.705. The minimum absolute atomic E-state index is 0.0763. The van der Waals surface area contributed by atoms with Crippen molar-refractivity contribution in [1.29, 1.82) is 0 Å². The Kier molecular flexibility index (Phi) is 5.07. The SMILES string of the molecule is Cc1cc(CNC2CCNC2=O)ccc1OCc1cccc2ccccc12. The molecule has 1 atom stereocenters. The molecule has 1 amide bonds. The second-order valence-electron chi connectivity index (χ2n) is 7.04. The lowest BCUT2D eigenvalue weighted by Crippen LogP contribution is -2.35. The van der Waals surface area contributed by atoms with Crippen molar-refractivity contribution in [3.8, 4) is 5.75 Å². The average molecular weight is 360 g/mol. The van der Waals surface area contributed by atoms with Gasteiger partial charge in [0, 0.05) is 13.1 Å². The summed E-state index contributed by atoms with van der Waals surface area (Å²) in [6, 6.07) is 20.8. The van der Waals surface area contributed by atoms with E-state index in [1.165, 1.54) is 16.3 Å². The number of carbonyl (C=O) groups is 1. The Labute approximate surface area is 159 Å². The van der Waals surface area contributed by atoms with Gasteiger partial charge in [-0.25, -0.2) is 0 Å². The summed E-state index contributed by atoms with van der Waals surface area (Å²) in [5.74, 6) is 0.993. The third-order valence-corrected chi connectivity index (χ3v) is 5.10. The highest BCUT2D eigenvalue weighted by Crippen LogP contribution is 2.23. The first-order valence-electron chi connectivity index (χ1n) is 9.41. The maximum atomic E-state index is 11.6. The van der Waals surface area contributed by atoms with E-state index >= 15 is 0 Å². The minimum Gasteiger partial charge on any atom is -0.489 e. The van der Waals surface area contributed by atoms with Crippen molar-refractivity contribution < 1.29 is 9.53 Å². The van der Waals surface area contributed by atoms with E-state index in [0.717, 1.165) is 29.8 Å². The molecular weight excluding hydrogens is 336 g/mol. The topological polar surface area (TPSA) is 50.4 Å². The monoisotopic (exact) mass is 360 g/mol. The molecule has 1 fully saturated rings. The molecule has 1 aliphatic rings. The van der Waals surface area contributed by atoms with Crippen LogP contribution in [0.4, 0.5) is 0 Å². The summed E-state index contributed by atoms with van der Waals surface area (Å²) in [4.78, 5) is 11.6. The molecular formula is C23H24N2O2. The first-order chi connectivity index (χ1) is 13.2. The van der Waals surface area contributed by atoms with Crippen LogP contribution in [0.15, 0.2) is 60.7 Å². The van der Waals surface area contributed by atoms with Crippen LogP contribution >= 0.6 is 0 Å². The van der Waals surface area contributed by atoms with Gasteiger partial charge >= 0.3 is 0 Å². The van der Waals surface area contributed by atoms with Crippen LogP contribution in [-0.2, 0) is 17.9 Å². The fraction of sp³-hybridized carbons (Fsp3) is 0.261. The number of amides is 1. The number of fused-ring (bicyclic) bond motifs is 1. The molecule has 3 aromatic carbocycles. The first-order valence-corrected chi connectivity index (χ1v) is 9.41. The van der Waals surface area contributed by atoms with Crippen LogP contribution in [0.2, 0.25) is 0 Å². The van der Waals surface area contributed by atoms with Gasteiger partial charge in [-0.05, 0) is 46.9 Å². The summed E-state index contributed by atoms with van der Waals surface area (Å²) in [7, 11) is 0. The molecule has 0 aromatic heterocycles. The summed E-state index contributed by atoms with van der Waals surface area (Å²) in [6.45, 7) is 4.05. The van der Waals surface area contributed by atoms with Crippen LogP contribution in [0, 0.1) is 6.92 Å². The summed E-state index contributed by atoms with van der Waals surface area (Å²) in [6.07, 6.45) is 0.851. The molecule has 138 valence electrons. The van der Waals surface area contributed by atoms with Crippen LogP contribution in [-0.4, -0.2) is 18.5 Å². The molecule has 1 heterocycles. The van der Waals surface area contributed by atoms with E-state index in [-0.39, 0.29) is 11.9 Å². The van der Waals surface area contributed by atoms with Gasteiger partial charge in [-0.3, -0.25) is 4.79 Å². The highest BCUT2D eigenvalue weighted by molar-refractivity contribution is 5.85. The van der Waals surface area contributed by atoms with Crippen LogP contribution in [0.1, 0.15) is 23.1 Å². The third kappa shape index (κ3) is 3.96. The highest BCUT2D eigenvalue weighted by atomic mass is 16.5. The summed E-state index contributed by atoms with van der Waals surface area (Å²) < 4.78 is 6.10. The second kappa shape index (κ2) is 7.80. The lowest BCUT2D eigenvalue weighted by Gasteiger charge is -2.14. The molecule has 1 unspecified atom stereocenters. The number of rotatable bonds is 6. The zero-order valence-corrected chi connectivity index (χ0v) is 15.5. The zero-order valence-electron chi connectivity index (χ0n) is 15.5. The normalized spacial score (nSPS) is 16.5. The van der Waals surface area contributed by atoms with Crippen molar-refractivity contribution in [2.45, 2.75) is 32.5 Å². The predicted octanol–water partition coefficient (Wildman–Crippen LogP) is 3.71. The Bertz CT molecular complexity index is 962. The Morgan fingerprint density at radius 3 is 2.78 bits per heavy atom. The van der Waals surface area contributed by atoms with Crippen LogP contribution in [0.25, 0.3) is 10.8 Å². The van der Waals surface area contributed by atoms with E-state index in [4.69, 9.17) is 4.74 Å². The van der Waals surface area contributed by atoms with Crippen molar-refractivity contribution in [3.63, 3.8) is 0 Å². The molecule has 0 saturated carbocycles. The van der Waals surface area contributed by atoms with Gasteiger partial charge in [-0.15, -0.1) is 0 Å². The summed E-state index contributed by atoms with van der Waals surface area (Å²) >= 11 is 0. The molecule has 1 saturated heterocycles. The van der Waals surface area contributed by atoms with Crippen LogP contribution in [0.3, 0.4) is 0 Å². The maximum Gasteiger partial charge on any atom is 0.237 e. The number of ether oxygens (including phenoxy) is 1. The molecule has 27 heavy (non-hydrogen) atoms. The summed E-state index contributed by atoms with van der Waals surface area (Å²) in [5, 5.41) is 8.63.